The molecule has 0 aliphatic rings. The minimum atomic E-state index is 0.293. The molecule has 2 N–H and O–H groups in total. The lowest BCUT2D eigenvalue weighted by molar-refractivity contribution is 0.187. The first-order valence-corrected chi connectivity index (χ1v) is 6.25. The molecule has 1 unspecified atom stereocenters. The lowest BCUT2D eigenvalue weighted by Crippen LogP contribution is -2.42. The van der Waals surface area contributed by atoms with Crippen molar-refractivity contribution < 1.29 is 0 Å². The van der Waals surface area contributed by atoms with E-state index >= 15 is 0 Å². The molecule has 0 aliphatic heterocycles. The largest absolute Gasteiger partial charge is 0.316 e. The molecule has 0 aromatic carbocycles. The first-order valence-electron chi connectivity index (χ1n) is 6.25. The van der Waals surface area contributed by atoms with E-state index in [1.807, 2.05) is 0 Å². The van der Waals surface area contributed by atoms with Gasteiger partial charge in [-0.1, -0.05) is 40.0 Å². The predicted molar refractivity (Wildman–Crippen MR) is 64.3 cm³/mol. The summed E-state index contributed by atoms with van der Waals surface area (Å²) in [4.78, 5) is 2.43. The maximum atomic E-state index is 6.16. The molecule has 0 aliphatic carbocycles. The van der Waals surface area contributed by atoms with Crippen LogP contribution in [0.4, 0.5) is 0 Å². The Bertz CT molecular complexity index is 109. The highest BCUT2D eigenvalue weighted by Gasteiger charge is 2.11. The SMILES string of the molecule is CCCCCC(N)N(CCC)CCC. The Kier molecular flexibility index (Phi) is 9.42. The summed E-state index contributed by atoms with van der Waals surface area (Å²) in [6.07, 6.45) is 7.76. The summed E-state index contributed by atoms with van der Waals surface area (Å²) in [7, 11) is 0. The lowest BCUT2D eigenvalue weighted by atomic mass is 10.1. The third kappa shape index (κ3) is 6.39. The van der Waals surface area contributed by atoms with Crippen molar-refractivity contribution in [2.24, 2.45) is 5.73 Å². The molecular weight excluding hydrogens is 172 g/mol. The molecule has 0 aromatic heterocycles. The molecule has 0 saturated heterocycles. The highest BCUT2D eigenvalue weighted by Crippen LogP contribution is 2.07. The average Bonchev–Trinajstić information content (AvgIpc) is 2.18. The fourth-order valence-electron chi connectivity index (χ4n) is 1.80. The van der Waals surface area contributed by atoms with E-state index in [2.05, 4.69) is 25.7 Å². The molecule has 0 aromatic rings. The monoisotopic (exact) mass is 200 g/mol. The summed E-state index contributed by atoms with van der Waals surface area (Å²) in [6, 6.07) is 0. The van der Waals surface area contributed by atoms with Crippen molar-refractivity contribution in [2.45, 2.75) is 65.5 Å². The molecule has 0 fully saturated rings. The van der Waals surface area contributed by atoms with Gasteiger partial charge in [-0.25, -0.2) is 0 Å². The fourth-order valence-corrected chi connectivity index (χ4v) is 1.80. The van der Waals surface area contributed by atoms with E-state index in [0.29, 0.717) is 6.17 Å². The molecule has 0 amide bonds. The van der Waals surface area contributed by atoms with E-state index < -0.39 is 0 Å². The first kappa shape index (κ1) is 13.9. The summed E-state index contributed by atoms with van der Waals surface area (Å²) in [5, 5.41) is 0. The highest BCUT2D eigenvalue weighted by molar-refractivity contribution is 4.65. The molecule has 14 heavy (non-hydrogen) atoms. The summed E-state index contributed by atoms with van der Waals surface area (Å²) < 4.78 is 0. The molecule has 0 heterocycles. The molecule has 0 rings (SSSR count). The van der Waals surface area contributed by atoms with Gasteiger partial charge in [0, 0.05) is 0 Å². The minimum absolute atomic E-state index is 0.293. The summed E-state index contributed by atoms with van der Waals surface area (Å²) >= 11 is 0. The van der Waals surface area contributed by atoms with Gasteiger partial charge >= 0.3 is 0 Å². The van der Waals surface area contributed by atoms with Crippen LogP contribution >= 0.6 is 0 Å². The van der Waals surface area contributed by atoms with E-state index in [1.54, 1.807) is 0 Å². The standard InChI is InChI=1S/C12H28N2/c1-4-7-8-9-12(13)14(10-5-2)11-6-3/h12H,4-11,13H2,1-3H3. The number of unbranched alkanes of at least 4 members (excludes halogenated alkanes) is 2. The Morgan fingerprint density at radius 2 is 1.50 bits per heavy atom. The first-order chi connectivity index (χ1) is 6.76. The van der Waals surface area contributed by atoms with Crippen molar-refractivity contribution in [1.29, 1.82) is 0 Å². The number of nitrogens with zero attached hydrogens (tertiary/aromatic N) is 1. The van der Waals surface area contributed by atoms with Crippen LogP contribution in [0.2, 0.25) is 0 Å². The van der Waals surface area contributed by atoms with Gasteiger partial charge in [0.1, 0.15) is 0 Å². The number of hydrogen-bond acceptors (Lipinski definition) is 2. The zero-order valence-electron chi connectivity index (χ0n) is 10.3. The van der Waals surface area contributed by atoms with E-state index in [-0.39, 0.29) is 0 Å². The summed E-state index contributed by atoms with van der Waals surface area (Å²) in [6.45, 7) is 8.99. The van der Waals surface area contributed by atoms with E-state index in [1.165, 1.54) is 32.1 Å². The molecule has 2 nitrogen and oxygen atoms in total. The van der Waals surface area contributed by atoms with Gasteiger partial charge in [0.05, 0.1) is 6.17 Å². The van der Waals surface area contributed by atoms with Crippen LogP contribution in [0.15, 0.2) is 0 Å². The summed E-state index contributed by atoms with van der Waals surface area (Å²) in [5.41, 5.74) is 6.16. The number of rotatable bonds is 9. The third-order valence-corrected chi connectivity index (χ3v) is 2.59. The zero-order chi connectivity index (χ0) is 10.8. The second-order valence-corrected chi connectivity index (χ2v) is 4.10. The van der Waals surface area contributed by atoms with Gasteiger partial charge in [0.15, 0.2) is 0 Å². The smallest absolute Gasteiger partial charge is 0.0571 e. The molecule has 0 radical (unpaired) electrons. The van der Waals surface area contributed by atoms with Crippen LogP contribution in [0.5, 0.6) is 0 Å². The highest BCUT2D eigenvalue weighted by atomic mass is 15.2. The quantitative estimate of drug-likeness (QED) is 0.458. The van der Waals surface area contributed by atoms with Gasteiger partial charge in [-0.15, -0.1) is 0 Å². The Balaban J connectivity index is 3.69. The van der Waals surface area contributed by atoms with Crippen molar-refractivity contribution in [3.8, 4) is 0 Å². The van der Waals surface area contributed by atoms with E-state index in [9.17, 15) is 0 Å². The number of hydrogen-bond donors (Lipinski definition) is 1. The molecule has 1 atom stereocenters. The van der Waals surface area contributed by atoms with Gasteiger partial charge in [0.25, 0.3) is 0 Å². The Morgan fingerprint density at radius 3 is 1.93 bits per heavy atom. The second kappa shape index (κ2) is 9.47. The Labute approximate surface area is 89.9 Å². The molecular formula is C12H28N2. The molecule has 2 heteroatoms. The van der Waals surface area contributed by atoms with E-state index in [0.717, 1.165) is 19.5 Å². The molecule has 0 bridgehead atoms. The van der Waals surface area contributed by atoms with Crippen LogP contribution in [0, 0.1) is 0 Å². The molecule has 86 valence electrons. The van der Waals surface area contributed by atoms with Crippen LogP contribution in [-0.2, 0) is 0 Å². The zero-order valence-corrected chi connectivity index (χ0v) is 10.3. The maximum Gasteiger partial charge on any atom is 0.0571 e. The normalized spacial score (nSPS) is 13.5. The average molecular weight is 200 g/mol. The fraction of sp³-hybridized carbons (Fsp3) is 1.00. The van der Waals surface area contributed by atoms with Crippen LogP contribution in [0.3, 0.4) is 0 Å². The van der Waals surface area contributed by atoms with Crippen molar-refractivity contribution >= 4 is 0 Å². The van der Waals surface area contributed by atoms with Gasteiger partial charge in [-0.05, 0) is 32.4 Å². The number of nitrogens with two attached hydrogens (primary N) is 1. The van der Waals surface area contributed by atoms with Gasteiger partial charge < -0.3 is 5.73 Å². The van der Waals surface area contributed by atoms with Gasteiger partial charge in [-0.2, -0.15) is 0 Å². The van der Waals surface area contributed by atoms with Crippen molar-refractivity contribution in [3.05, 3.63) is 0 Å². The van der Waals surface area contributed by atoms with Crippen molar-refractivity contribution in [1.82, 2.24) is 4.90 Å². The Morgan fingerprint density at radius 1 is 0.929 bits per heavy atom. The molecule has 0 saturated carbocycles. The van der Waals surface area contributed by atoms with Gasteiger partial charge in [0.2, 0.25) is 0 Å². The third-order valence-electron chi connectivity index (χ3n) is 2.59. The van der Waals surface area contributed by atoms with Crippen LogP contribution in [-0.4, -0.2) is 24.2 Å². The lowest BCUT2D eigenvalue weighted by Gasteiger charge is -2.28. The molecule has 0 spiro atoms. The summed E-state index contributed by atoms with van der Waals surface area (Å²) in [5.74, 6) is 0. The Hall–Kier alpha value is -0.0800. The maximum absolute atomic E-state index is 6.16. The van der Waals surface area contributed by atoms with Crippen molar-refractivity contribution in [3.63, 3.8) is 0 Å². The predicted octanol–water partition coefficient (Wildman–Crippen LogP) is 2.97. The second-order valence-electron chi connectivity index (χ2n) is 4.10. The van der Waals surface area contributed by atoms with Crippen LogP contribution in [0.25, 0.3) is 0 Å². The van der Waals surface area contributed by atoms with Gasteiger partial charge in [-0.3, -0.25) is 4.90 Å². The van der Waals surface area contributed by atoms with Crippen LogP contribution < -0.4 is 5.73 Å². The van der Waals surface area contributed by atoms with E-state index in [4.69, 9.17) is 5.73 Å². The minimum Gasteiger partial charge on any atom is -0.316 e. The van der Waals surface area contributed by atoms with Crippen LogP contribution in [0.1, 0.15) is 59.3 Å². The topological polar surface area (TPSA) is 29.3 Å². The van der Waals surface area contributed by atoms with Crippen molar-refractivity contribution in [2.75, 3.05) is 13.1 Å².